The molecule has 10 heavy (non-hydrogen) atoms. The van der Waals surface area contributed by atoms with Crippen LogP contribution in [0.25, 0.3) is 0 Å². The van der Waals surface area contributed by atoms with E-state index in [0.717, 1.165) is 12.8 Å². The van der Waals surface area contributed by atoms with Gasteiger partial charge in [0.2, 0.25) is 0 Å². The van der Waals surface area contributed by atoms with Crippen LogP contribution in [0.15, 0.2) is 24.3 Å². The third kappa shape index (κ3) is 2.62. The molecular formula is C9H12O. The fourth-order valence-corrected chi connectivity index (χ4v) is 0.954. The summed E-state index contributed by atoms with van der Waals surface area (Å²) in [6, 6.07) is 0. The van der Waals surface area contributed by atoms with Gasteiger partial charge in [0.15, 0.2) is 5.78 Å². The first-order valence-corrected chi connectivity index (χ1v) is 3.74. The van der Waals surface area contributed by atoms with Gasteiger partial charge in [-0.3, -0.25) is 4.79 Å². The van der Waals surface area contributed by atoms with Crippen LogP contribution in [0.1, 0.15) is 25.7 Å². The Hall–Kier alpha value is -0.850. The van der Waals surface area contributed by atoms with Gasteiger partial charge in [-0.2, -0.15) is 0 Å². The molecule has 0 spiro atoms. The molecule has 1 nitrogen and oxygen atoms in total. The van der Waals surface area contributed by atoms with E-state index in [9.17, 15) is 4.79 Å². The highest BCUT2D eigenvalue weighted by Crippen LogP contribution is 2.02. The number of allylic oxidation sites excluding steroid dienone is 4. The van der Waals surface area contributed by atoms with Crippen LogP contribution in [0.5, 0.6) is 0 Å². The molecule has 0 aromatic heterocycles. The molecule has 0 fully saturated rings. The van der Waals surface area contributed by atoms with Crippen molar-refractivity contribution >= 4 is 5.78 Å². The molecule has 0 aromatic rings. The average molecular weight is 136 g/mol. The Kier molecular flexibility index (Phi) is 2.94. The van der Waals surface area contributed by atoms with Crippen molar-refractivity contribution in [3.8, 4) is 0 Å². The zero-order valence-corrected chi connectivity index (χ0v) is 6.05. The summed E-state index contributed by atoms with van der Waals surface area (Å²) in [7, 11) is 0. The number of ketones is 1. The van der Waals surface area contributed by atoms with Crippen molar-refractivity contribution in [2.24, 2.45) is 0 Å². The highest BCUT2D eigenvalue weighted by atomic mass is 16.1. The Morgan fingerprint density at radius 2 is 1.90 bits per heavy atom. The van der Waals surface area contributed by atoms with E-state index in [0.29, 0.717) is 6.42 Å². The molecule has 0 aliphatic heterocycles. The zero-order valence-electron chi connectivity index (χ0n) is 6.05. The smallest absolute Gasteiger partial charge is 0.159 e. The van der Waals surface area contributed by atoms with Gasteiger partial charge < -0.3 is 0 Å². The normalized spacial score (nSPS) is 19.8. The quantitative estimate of drug-likeness (QED) is 0.467. The number of hydrogen-bond donors (Lipinski definition) is 0. The summed E-state index contributed by atoms with van der Waals surface area (Å²) in [5.74, 6) is 0.221. The Morgan fingerprint density at radius 3 is 2.80 bits per heavy atom. The van der Waals surface area contributed by atoms with E-state index in [4.69, 9.17) is 0 Å². The molecule has 1 heteroatoms. The summed E-state index contributed by atoms with van der Waals surface area (Å²) >= 11 is 0. The van der Waals surface area contributed by atoms with Gasteiger partial charge >= 0.3 is 0 Å². The van der Waals surface area contributed by atoms with Gasteiger partial charge in [0, 0.05) is 6.42 Å². The van der Waals surface area contributed by atoms with E-state index < -0.39 is 0 Å². The predicted molar refractivity (Wildman–Crippen MR) is 41.8 cm³/mol. The lowest BCUT2D eigenvalue weighted by Crippen LogP contribution is -1.87. The van der Waals surface area contributed by atoms with Crippen molar-refractivity contribution in [3.63, 3.8) is 0 Å². The molecule has 0 N–H and O–H groups in total. The molecule has 54 valence electrons. The second-order valence-electron chi connectivity index (χ2n) is 2.48. The molecular weight excluding hydrogens is 124 g/mol. The van der Waals surface area contributed by atoms with E-state index in [-0.39, 0.29) is 5.78 Å². The number of carbonyl (C=O) groups is 1. The number of carbonyl (C=O) groups excluding carboxylic acids is 1. The van der Waals surface area contributed by atoms with E-state index in [1.807, 2.05) is 12.2 Å². The third-order valence-corrected chi connectivity index (χ3v) is 1.53. The molecule has 0 saturated carbocycles. The molecule has 0 aromatic carbocycles. The molecule has 0 amide bonds. The van der Waals surface area contributed by atoms with Crippen LogP contribution < -0.4 is 0 Å². The van der Waals surface area contributed by atoms with Crippen molar-refractivity contribution in [1.29, 1.82) is 0 Å². The van der Waals surface area contributed by atoms with Gasteiger partial charge in [-0.1, -0.05) is 18.2 Å². The fraction of sp³-hybridized carbons (Fsp3) is 0.444. The minimum Gasteiger partial charge on any atom is -0.295 e. The molecule has 1 aliphatic carbocycles. The summed E-state index contributed by atoms with van der Waals surface area (Å²) < 4.78 is 0. The van der Waals surface area contributed by atoms with Gasteiger partial charge in [0.25, 0.3) is 0 Å². The largest absolute Gasteiger partial charge is 0.295 e. The summed E-state index contributed by atoms with van der Waals surface area (Å²) in [6.07, 6.45) is 11.6. The summed E-state index contributed by atoms with van der Waals surface area (Å²) in [5, 5.41) is 0. The lowest BCUT2D eigenvalue weighted by atomic mass is 10.2. The van der Waals surface area contributed by atoms with E-state index in [2.05, 4.69) is 6.08 Å². The van der Waals surface area contributed by atoms with Crippen LogP contribution in [-0.4, -0.2) is 5.78 Å². The van der Waals surface area contributed by atoms with Gasteiger partial charge in [-0.05, 0) is 25.3 Å². The second kappa shape index (κ2) is 4.04. The van der Waals surface area contributed by atoms with Gasteiger partial charge in [-0.15, -0.1) is 0 Å². The maximum atomic E-state index is 10.9. The topological polar surface area (TPSA) is 17.1 Å². The average Bonchev–Trinajstić information content (AvgIpc) is 2.02. The summed E-state index contributed by atoms with van der Waals surface area (Å²) in [4.78, 5) is 10.9. The van der Waals surface area contributed by atoms with Gasteiger partial charge in [0.05, 0.1) is 0 Å². The lowest BCUT2D eigenvalue weighted by molar-refractivity contribution is -0.113. The molecule has 1 aliphatic rings. The lowest BCUT2D eigenvalue weighted by Gasteiger charge is -1.85. The Morgan fingerprint density at radius 1 is 1.10 bits per heavy atom. The van der Waals surface area contributed by atoms with Crippen LogP contribution in [0.2, 0.25) is 0 Å². The highest BCUT2D eigenvalue weighted by molar-refractivity contribution is 5.90. The Labute approximate surface area is 61.4 Å². The van der Waals surface area contributed by atoms with Crippen molar-refractivity contribution in [2.75, 3.05) is 0 Å². The molecule has 0 bridgehead atoms. The molecule has 1 rings (SSSR count). The van der Waals surface area contributed by atoms with E-state index in [1.54, 1.807) is 6.08 Å². The number of hydrogen-bond acceptors (Lipinski definition) is 1. The Bertz CT molecular complexity index is 166. The predicted octanol–water partition coefficient (Wildman–Crippen LogP) is 2.24. The van der Waals surface area contributed by atoms with E-state index >= 15 is 0 Å². The monoisotopic (exact) mass is 136 g/mol. The first kappa shape index (κ1) is 7.26. The first-order valence-electron chi connectivity index (χ1n) is 3.74. The van der Waals surface area contributed by atoms with Gasteiger partial charge in [-0.25, -0.2) is 0 Å². The van der Waals surface area contributed by atoms with Crippen molar-refractivity contribution in [2.45, 2.75) is 25.7 Å². The minimum atomic E-state index is 0.221. The van der Waals surface area contributed by atoms with Gasteiger partial charge in [0.1, 0.15) is 0 Å². The Balaban J connectivity index is 2.49. The van der Waals surface area contributed by atoms with Crippen LogP contribution in [0.4, 0.5) is 0 Å². The van der Waals surface area contributed by atoms with Crippen LogP contribution in [0.3, 0.4) is 0 Å². The van der Waals surface area contributed by atoms with E-state index in [1.165, 1.54) is 6.42 Å². The molecule has 0 atom stereocenters. The molecule has 0 saturated heterocycles. The second-order valence-corrected chi connectivity index (χ2v) is 2.48. The standard InChI is InChI=1S/C9H12O/c10-9-7-5-3-1-2-4-6-8-9/h3,5-6,8H,1-2,4,7H2. The number of rotatable bonds is 0. The first-order chi connectivity index (χ1) is 4.89. The van der Waals surface area contributed by atoms with Crippen LogP contribution >= 0.6 is 0 Å². The molecule has 0 heterocycles. The minimum absolute atomic E-state index is 0.221. The molecule has 0 unspecified atom stereocenters. The maximum absolute atomic E-state index is 10.9. The molecule has 0 radical (unpaired) electrons. The van der Waals surface area contributed by atoms with Crippen molar-refractivity contribution < 1.29 is 4.79 Å². The van der Waals surface area contributed by atoms with Crippen LogP contribution in [0, 0.1) is 0 Å². The van der Waals surface area contributed by atoms with Crippen molar-refractivity contribution in [1.82, 2.24) is 0 Å². The highest BCUT2D eigenvalue weighted by Gasteiger charge is 1.93. The van der Waals surface area contributed by atoms with Crippen LogP contribution in [-0.2, 0) is 4.79 Å². The maximum Gasteiger partial charge on any atom is 0.159 e. The zero-order chi connectivity index (χ0) is 7.23. The van der Waals surface area contributed by atoms with Crippen molar-refractivity contribution in [3.05, 3.63) is 24.3 Å². The SMILES string of the molecule is O=C1C=CCCCC=CC1. The third-order valence-electron chi connectivity index (χ3n) is 1.53. The summed E-state index contributed by atoms with van der Waals surface area (Å²) in [6.45, 7) is 0. The fourth-order valence-electron chi connectivity index (χ4n) is 0.954. The summed E-state index contributed by atoms with van der Waals surface area (Å²) in [5.41, 5.74) is 0.